The highest BCUT2D eigenvalue weighted by molar-refractivity contribution is 7.24. The molecular formula is C69H54BN3OSi. The zero-order valence-corrected chi connectivity index (χ0v) is 43.9. The maximum absolute atomic E-state index is 7.36. The van der Waals surface area contributed by atoms with Gasteiger partial charge in [0.15, 0.2) is 8.07 Å². The molecule has 1 aliphatic carbocycles. The van der Waals surface area contributed by atoms with E-state index in [1.807, 2.05) is 0 Å². The molecule has 1 aromatic heterocycles. The molecule has 0 bridgehead atoms. The molecule has 0 atom stereocenters. The number of aryl methyl sites for hydroxylation is 1. The van der Waals surface area contributed by atoms with Gasteiger partial charge in [0.1, 0.15) is 11.2 Å². The Hall–Kier alpha value is -8.32. The average molecular weight is 980 g/mol. The lowest BCUT2D eigenvalue weighted by molar-refractivity contribution is 0.332. The Bertz CT molecular complexity index is 4170. The third-order valence-electron chi connectivity index (χ3n) is 18.2. The first-order chi connectivity index (χ1) is 36.6. The van der Waals surface area contributed by atoms with Gasteiger partial charge < -0.3 is 19.0 Å². The van der Waals surface area contributed by atoms with Crippen molar-refractivity contribution in [3.8, 4) is 22.3 Å². The van der Waals surface area contributed by atoms with Crippen LogP contribution >= 0.6 is 0 Å². The second kappa shape index (κ2) is 15.1. The van der Waals surface area contributed by atoms with Crippen molar-refractivity contribution in [3.63, 3.8) is 0 Å². The van der Waals surface area contributed by atoms with Crippen LogP contribution in [-0.4, -0.2) is 14.9 Å². The average Bonchev–Trinajstić information content (AvgIpc) is 4.11. The molecular weight excluding hydrogens is 926 g/mol. The normalized spacial score (nSPS) is 16.2. The van der Waals surface area contributed by atoms with E-state index in [2.05, 4.69) is 262 Å². The van der Waals surface area contributed by atoms with Crippen molar-refractivity contribution in [3.05, 3.63) is 229 Å². The van der Waals surface area contributed by atoms with Gasteiger partial charge in [0.05, 0.1) is 0 Å². The van der Waals surface area contributed by atoms with E-state index in [0.29, 0.717) is 0 Å². The lowest BCUT2D eigenvalue weighted by Gasteiger charge is -2.52. The monoisotopic (exact) mass is 979 g/mol. The first-order valence-corrected chi connectivity index (χ1v) is 28.8. The van der Waals surface area contributed by atoms with Gasteiger partial charge >= 0.3 is 6.85 Å². The van der Waals surface area contributed by atoms with Crippen LogP contribution in [0.2, 0.25) is 0 Å². The van der Waals surface area contributed by atoms with Crippen molar-refractivity contribution >= 4 is 114 Å². The Morgan fingerprint density at radius 2 is 1.04 bits per heavy atom. The third-order valence-corrected chi connectivity index (χ3v) is 23.1. The van der Waals surface area contributed by atoms with E-state index in [4.69, 9.17) is 4.42 Å². The maximum atomic E-state index is 7.36. The summed E-state index contributed by atoms with van der Waals surface area (Å²) in [5, 5.41) is 8.09. The van der Waals surface area contributed by atoms with Crippen LogP contribution in [0.4, 0.5) is 45.5 Å². The minimum atomic E-state index is -2.93. The molecule has 75 heavy (non-hydrogen) atoms. The predicted molar refractivity (Wildman–Crippen MR) is 318 cm³/mol. The van der Waals surface area contributed by atoms with Crippen molar-refractivity contribution < 1.29 is 4.42 Å². The van der Waals surface area contributed by atoms with Crippen LogP contribution in [0, 0.1) is 6.92 Å². The maximum Gasteiger partial charge on any atom is 0.336 e. The molecule has 0 saturated heterocycles. The second-order valence-corrected chi connectivity index (χ2v) is 26.7. The van der Waals surface area contributed by atoms with Gasteiger partial charge in [0, 0.05) is 67.3 Å². The van der Waals surface area contributed by atoms with Crippen molar-refractivity contribution in [1.82, 2.24) is 0 Å². The Morgan fingerprint density at radius 1 is 0.453 bits per heavy atom. The smallest absolute Gasteiger partial charge is 0.336 e. The highest BCUT2D eigenvalue weighted by Gasteiger charge is 2.58. The van der Waals surface area contributed by atoms with E-state index in [-0.39, 0.29) is 17.7 Å². The number of nitrogens with zero attached hydrogens (tertiary/aromatic N) is 3. The number of hydrogen-bond donors (Lipinski definition) is 0. The zero-order valence-electron chi connectivity index (χ0n) is 42.9. The van der Waals surface area contributed by atoms with E-state index in [0.717, 1.165) is 57.5 Å². The van der Waals surface area contributed by atoms with Crippen LogP contribution in [0.15, 0.2) is 217 Å². The molecule has 4 aliphatic heterocycles. The van der Waals surface area contributed by atoms with Gasteiger partial charge in [-0.05, 0) is 157 Å². The molecule has 16 rings (SSSR count). The molecule has 11 aromatic rings. The zero-order chi connectivity index (χ0) is 50.1. The van der Waals surface area contributed by atoms with Crippen molar-refractivity contribution in [2.75, 3.05) is 14.6 Å². The van der Waals surface area contributed by atoms with Crippen molar-refractivity contribution in [1.29, 1.82) is 0 Å². The van der Waals surface area contributed by atoms with Crippen molar-refractivity contribution in [2.45, 2.75) is 58.3 Å². The number of benzene rings is 10. The van der Waals surface area contributed by atoms with Gasteiger partial charge in [0.25, 0.3) is 0 Å². The number of furan rings is 1. The van der Waals surface area contributed by atoms with Crippen LogP contribution in [0.25, 0.3) is 44.2 Å². The molecule has 5 heterocycles. The molecule has 6 heteroatoms. The van der Waals surface area contributed by atoms with Crippen molar-refractivity contribution in [2.24, 2.45) is 0 Å². The molecule has 358 valence electrons. The van der Waals surface area contributed by atoms with Crippen LogP contribution in [0.3, 0.4) is 0 Å². The predicted octanol–water partition coefficient (Wildman–Crippen LogP) is 14.1. The van der Waals surface area contributed by atoms with Gasteiger partial charge in [-0.25, -0.2) is 0 Å². The van der Waals surface area contributed by atoms with E-state index < -0.39 is 8.07 Å². The van der Waals surface area contributed by atoms with E-state index in [1.165, 1.54) is 93.4 Å². The van der Waals surface area contributed by atoms with Crippen LogP contribution < -0.4 is 46.3 Å². The number of hydrogen-bond acceptors (Lipinski definition) is 4. The van der Waals surface area contributed by atoms with Gasteiger partial charge in [-0.3, -0.25) is 0 Å². The minimum absolute atomic E-state index is 0.0000135. The fourth-order valence-corrected chi connectivity index (χ4v) is 20.3. The molecule has 5 aliphatic rings. The molecule has 1 spiro atoms. The molecule has 0 saturated carbocycles. The van der Waals surface area contributed by atoms with E-state index in [1.54, 1.807) is 0 Å². The van der Waals surface area contributed by atoms with Crippen LogP contribution in [0.5, 0.6) is 0 Å². The van der Waals surface area contributed by atoms with E-state index in [9.17, 15) is 0 Å². The van der Waals surface area contributed by atoms with Gasteiger partial charge in [-0.2, -0.15) is 0 Å². The largest absolute Gasteiger partial charge is 0.456 e. The Morgan fingerprint density at radius 3 is 1.75 bits per heavy atom. The number of para-hydroxylation sites is 5. The summed E-state index contributed by atoms with van der Waals surface area (Å²) >= 11 is 0. The van der Waals surface area contributed by atoms with E-state index >= 15 is 0 Å². The lowest BCUT2D eigenvalue weighted by atomic mass is 9.43. The first kappa shape index (κ1) is 43.1. The Kier molecular flexibility index (Phi) is 8.71. The highest BCUT2D eigenvalue weighted by atomic mass is 28.3. The Balaban J connectivity index is 1.09. The summed E-state index contributed by atoms with van der Waals surface area (Å²) in [7, 11) is -2.93. The second-order valence-electron chi connectivity index (χ2n) is 23.0. The van der Waals surface area contributed by atoms with Crippen LogP contribution in [-0.2, 0) is 10.8 Å². The number of anilines is 8. The van der Waals surface area contributed by atoms with Gasteiger partial charge in [-0.15, -0.1) is 0 Å². The quantitative estimate of drug-likeness (QED) is 0.164. The Labute approximate surface area is 440 Å². The number of rotatable bonds is 4. The summed E-state index contributed by atoms with van der Waals surface area (Å²) in [4.78, 5) is 7.88. The lowest BCUT2D eigenvalue weighted by Crippen LogP contribution is -2.78. The molecule has 0 unspecified atom stereocenters. The summed E-state index contributed by atoms with van der Waals surface area (Å²) in [5.41, 5.74) is 23.3. The summed E-state index contributed by atoms with van der Waals surface area (Å²) in [6.07, 6.45) is 2.30. The molecule has 4 nitrogen and oxygen atoms in total. The third kappa shape index (κ3) is 5.62. The summed E-state index contributed by atoms with van der Waals surface area (Å²) in [6.45, 7) is 11.9. The summed E-state index contributed by atoms with van der Waals surface area (Å²) in [6, 6.07) is 80.8. The SMILES string of the molecule is Cc1cc2c(cc1N1c3cc(N(c4ccccc4)c4ccccc4)cc4c3B(c3c1ccc1c3oc3ccccc31)N1c3ccccc3[Si]3(c5ccccc5-c5ccccc53)c3cccc-4c31)C(C)(C)CCC2(C)C. The fourth-order valence-electron chi connectivity index (χ4n) is 14.7. The molecule has 0 fully saturated rings. The fraction of sp³-hybridized carbons (Fsp3) is 0.130. The minimum Gasteiger partial charge on any atom is -0.456 e. The molecule has 0 amide bonds. The standard InChI is InChI=1S/C69H54BN3OSi/c1-43-39-53-54(69(4,5)38-37-68(53,2)3)42-57(43)72-56-36-35-51-47-25-12-16-30-59(47)74-67(51)65(56)70-64-52(40-46(41-58(64)72)71(44-21-8-6-9-22-44)45-23-10-7-11-24-45)50-28-20-34-63-66(50)73(70)55-29-15-19-33-62(55)75(63)60-31-17-13-26-48(60)49-27-14-18-32-61(49)75/h6-36,39-42H,37-38H2,1-5H3. The molecule has 10 aromatic carbocycles. The summed E-state index contributed by atoms with van der Waals surface area (Å²) in [5.74, 6) is 0. The molecule has 0 radical (unpaired) electrons. The van der Waals surface area contributed by atoms with Crippen LogP contribution in [0.1, 0.15) is 57.2 Å². The first-order valence-electron chi connectivity index (χ1n) is 26.8. The molecule has 0 N–H and O–H groups in total. The van der Waals surface area contributed by atoms with Gasteiger partial charge in [-0.1, -0.05) is 173 Å². The number of fused-ring (bicyclic) bond motifs is 18. The van der Waals surface area contributed by atoms with Gasteiger partial charge in [0.2, 0.25) is 0 Å². The highest BCUT2D eigenvalue weighted by Crippen LogP contribution is 2.54. The topological polar surface area (TPSA) is 22.9 Å². The summed E-state index contributed by atoms with van der Waals surface area (Å²) < 4.78 is 7.36.